The van der Waals surface area contributed by atoms with Crippen molar-refractivity contribution in [1.29, 1.82) is 0 Å². The van der Waals surface area contributed by atoms with Gasteiger partial charge in [-0.2, -0.15) is 0 Å². The number of morpholine rings is 1. The number of fused-ring (bicyclic) bond motifs is 1. The lowest BCUT2D eigenvalue weighted by Gasteiger charge is -2.32. The first-order valence-electron chi connectivity index (χ1n) is 8.58. The molecular formula is C18H23N3O4. The van der Waals surface area contributed by atoms with Crippen molar-refractivity contribution in [3.63, 3.8) is 0 Å². The minimum atomic E-state index is -0.433. The zero-order valence-electron chi connectivity index (χ0n) is 14.6. The molecule has 1 aliphatic heterocycles. The molecule has 0 radical (unpaired) electrons. The van der Waals surface area contributed by atoms with Crippen molar-refractivity contribution >= 4 is 16.9 Å². The van der Waals surface area contributed by atoms with Crippen LogP contribution in [0.3, 0.4) is 0 Å². The number of esters is 1. The number of benzene rings is 1. The molecule has 134 valence electrons. The Morgan fingerprint density at radius 2 is 2.04 bits per heavy atom. The first-order chi connectivity index (χ1) is 12.1. The van der Waals surface area contributed by atoms with Gasteiger partial charge in [0.25, 0.3) is 5.56 Å². The van der Waals surface area contributed by atoms with E-state index in [0.29, 0.717) is 29.9 Å². The summed E-state index contributed by atoms with van der Waals surface area (Å²) in [5.74, 6) is 0.149. The van der Waals surface area contributed by atoms with Crippen LogP contribution in [-0.4, -0.2) is 53.3 Å². The van der Waals surface area contributed by atoms with E-state index in [0.717, 1.165) is 13.1 Å². The van der Waals surface area contributed by atoms with Crippen molar-refractivity contribution in [2.45, 2.75) is 26.4 Å². The Balaban J connectivity index is 2.07. The Bertz CT molecular complexity index is 812. The number of carbonyl (C=O) groups is 1. The summed E-state index contributed by atoms with van der Waals surface area (Å²) in [4.78, 5) is 31.9. The second kappa shape index (κ2) is 7.76. The summed E-state index contributed by atoms with van der Waals surface area (Å²) in [5, 5.41) is 0.504. The van der Waals surface area contributed by atoms with Crippen LogP contribution < -0.4 is 5.56 Å². The fourth-order valence-corrected chi connectivity index (χ4v) is 3.12. The Labute approximate surface area is 146 Å². The molecular weight excluding hydrogens is 322 g/mol. The molecule has 1 fully saturated rings. The van der Waals surface area contributed by atoms with Crippen LogP contribution in [0.2, 0.25) is 0 Å². The molecule has 2 aromatic rings. The van der Waals surface area contributed by atoms with Crippen molar-refractivity contribution in [1.82, 2.24) is 14.5 Å². The van der Waals surface area contributed by atoms with Crippen LogP contribution in [0.4, 0.5) is 0 Å². The predicted molar refractivity (Wildman–Crippen MR) is 93.4 cm³/mol. The number of rotatable bonds is 5. The second-order valence-electron chi connectivity index (χ2n) is 6.01. The average Bonchev–Trinajstić information content (AvgIpc) is 2.64. The highest BCUT2D eigenvalue weighted by molar-refractivity contribution is 5.78. The average molecular weight is 345 g/mol. The van der Waals surface area contributed by atoms with Crippen LogP contribution >= 0.6 is 0 Å². The van der Waals surface area contributed by atoms with Crippen LogP contribution in [0.25, 0.3) is 10.9 Å². The summed E-state index contributed by atoms with van der Waals surface area (Å²) in [6.07, 6.45) is 0. The lowest BCUT2D eigenvalue weighted by Crippen LogP contribution is -2.41. The zero-order chi connectivity index (χ0) is 17.8. The smallest absolute Gasteiger partial charge is 0.326 e. The third-order valence-corrected chi connectivity index (χ3v) is 4.45. The third-order valence-electron chi connectivity index (χ3n) is 4.45. The SMILES string of the molecule is CCOC(=O)Cn1c([C@@H](C)N2CCOCC2)nc2ccccc2c1=O. The number of hydrogen-bond donors (Lipinski definition) is 0. The molecule has 0 unspecified atom stereocenters. The van der Waals surface area contributed by atoms with Crippen molar-refractivity contribution in [2.75, 3.05) is 32.9 Å². The molecule has 0 N–H and O–H groups in total. The normalized spacial score (nSPS) is 16.7. The van der Waals surface area contributed by atoms with E-state index in [1.165, 1.54) is 4.57 Å². The molecule has 0 spiro atoms. The molecule has 3 rings (SSSR count). The lowest BCUT2D eigenvalue weighted by atomic mass is 10.2. The summed E-state index contributed by atoms with van der Waals surface area (Å²) in [7, 11) is 0. The van der Waals surface area contributed by atoms with Crippen LogP contribution in [-0.2, 0) is 20.8 Å². The predicted octanol–water partition coefficient (Wildman–Crippen LogP) is 1.35. The summed E-state index contributed by atoms with van der Waals surface area (Å²) in [6, 6.07) is 7.10. The molecule has 1 aromatic carbocycles. The number of aromatic nitrogens is 2. The second-order valence-corrected chi connectivity index (χ2v) is 6.01. The van der Waals surface area contributed by atoms with Crippen LogP contribution in [0.1, 0.15) is 25.7 Å². The van der Waals surface area contributed by atoms with Gasteiger partial charge in [-0.3, -0.25) is 19.1 Å². The molecule has 1 aliphatic rings. The fourth-order valence-electron chi connectivity index (χ4n) is 3.12. The molecule has 0 saturated carbocycles. The number of hydrogen-bond acceptors (Lipinski definition) is 6. The van der Waals surface area contributed by atoms with Gasteiger partial charge in [0, 0.05) is 13.1 Å². The molecule has 1 aromatic heterocycles. The highest BCUT2D eigenvalue weighted by atomic mass is 16.5. The van der Waals surface area contributed by atoms with Gasteiger partial charge in [0.05, 0.1) is 36.8 Å². The molecule has 7 nitrogen and oxygen atoms in total. The summed E-state index contributed by atoms with van der Waals surface area (Å²) in [5.41, 5.74) is 0.427. The van der Waals surface area contributed by atoms with Gasteiger partial charge in [-0.05, 0) is 26.0 Å². The van der Waals surface area contributed by atoms with E-state index in [-0.39, 0.29) is 24.8 Å². The van der Waals surface area contributed by atoms with E-state index in [4.69, 9.17) is 14.5 Å². The molecule has 2 heterocycles. The van der Waals surface area contributed by atoms with Gasteiger partial charge in [0.1, 0.15) is 12.4 Å². The van der Waals surface area contributed by atoms with Gasteiger partial charge in [-0.1, -0.05) is 12.1 Å². The quantitative estimate of drug-likeness (QED) is 0.762. The highest BCUT2D eigenvalue weighted by Gasteiger charge is 2.24. The fraction of sp³-hybridized carbons (Fsp3) is 0.500. The van der Waals surface area contributed by atoms with E-state index >= 15 is 0 Å². The topological polar surface area (TPSA) is 73.7 Å². The van der Waals surface area contributed by atoms with Crippen molar-refractivity contribution in [2.24, 2.45) is 0 Å². The Morgan fingerprint density at radius 1 is 1.32 bits per heavy atom. The molecule has 7 heteroatoms. The van der Waals surface area contributed by atoms with E-state index in [2.05, 4.69) is 4.90 Å². The van der Waals surface area contributed by atoms with E-state index in [9.17, 15) is 9.59 Å². The Morgan fingerprint density at radius 3 is 2.76 bits per heavy atom. The van der Waals surface area contributed by atoms with Gasteiger partial charge < -0.3 is 9.47 Å². The molecule has 1 atom stereocenters. The number of carbonyl (C=O) groups excluding carboxylic acids is 1. The zero-order valence-corrected chi connectivity index (χ0v) is 14.6. The molecule has 0 aliphatic carbocycles. The standard InChI is InChI=1S/C18H23N3O4/c1-3-25-16(22)12-21-17(13(2)20-8-10-24-11-9-20)19-15-7-5-4-6-14(15)18(21)23/h4-7,13H,3,8-12H2,1-2H3/t13-/m1/s1. The van der Waals surface area contributed by atoms with E-state index in [1.807, 2.05) is 19.1 Å². The minimum absolute atomic E-state index is 0.101. The first-order valence-corrected chi connectivity index (χ1v) is 8.58. The van der Waals surface area contributed by atoms with Gasteiger partial charge >= 0.3 is 5.97 Å². The van der Waals surface area contributed by atoms with Gasteiger partial charge in [-0.25, -0.2) is 4.98 Å². The maximum atomic E-state index is 12.9. The van der Waals surface area contributed by atoms with E-state index in [1.54, 1.807) is 19.1 Å². The summed E-state index contributed by atoms with van der Waals surface area (Å²) >= 11 is 0. The third kappa shape index (κ3) is 3.72. The monoisotopic (exact) mass is 345 g/mol. The maximum absolute atomic E-state index is 12.9. The van der Waals surface area contributed by atoms with Crippen molar-refractivity contribution < 1.29 is 14.3 Å². The lowest BCUT2D eigenvalue weighted by molar-refractivity contribution is -0.144. The maximum Gasteiger partial charge on any atom is 0.326 e. The molecule has 0 bridgehead atoms. The number of ether oxygens (including phenoxy) is 2. The largest absolute Gasteiger partial charge is 0.465 e. The molecule has 0 amide bonds. The number of nitrogens with zero attached hydrogens (tertiary/aromatic N) is 3. The van der Waals surface area contributed by atoms with Gasteiger partial charge in [0.15, 0.2) is 0 Å². The summed E-state index contributed by atoms with van der Waals surface area (Å²) in [6.45, 7) is 6.74. The van der Waals surface area contributed by atoms with Gasteiger partial charge in [-0.15, -0.1) is 0 Å². The Hall–Kier alpha value is -2.25. The van der Waals surface area contributed by atoms with Crippen LogP contribution in [0, 0.1) is 0 Å². The molecule has 25 heavy (non-hydrogen) atoms. The Kier molecular flexibility index (Phi) is 5.45. The van der Waals surface area contributed by atoms with E-state index < -0.39 is 5.97 Å². The van der Waals surface area contributed by atoms with Crippen molar-refractivity contribution in [3.8, 4) is 0 Å². The van der Waals surface area contributed by atoms with Crippen LogP contribution in [0.15, 0.2) is 29.1 Å². The minimum Gasteiger partial charge on any atom is -0.465 e. The highest BCUT2D eigenvalue weighted by Crippen LogP contribution is 2.20. The van der Waals surface area contributed by atoms with Gasteiger partial charge in [0.2, 0.25) is 0 Å². The summed E-state index contributed by atoms with van der Waals surface area (Å²) < 4.78 is 11.9. The number of para-hydroxylation sites is 1. The van der Waals surface area contributed by atoms with Crippen LogP contribution in [0.5, 0.6) is 0 Å². The van der Waals surface area contributed by atoms with Crippen molar-refractivity contribution in [3.05, 3.63) is 40.4 Å². The molecule has 1 saturated heterocycles. The first kappa shape index (κ1) is 17.6.